The van der Waals surface area contributed by atoms with Crippen molar-refractivity contribution in [3.63, 3.8) is 0 Å². The summed E-state index contributed by atoms with van der Waals surface area (Å²) >= 11 is 0. The average Bonchev–Trinajstić information content (AvgIpc) is 4.32. The van der Waals surface area contributed by atoms with E-state index < -0.39 is 0 Å². The summed E-state index contributed by atoms with van der Waals surface area (Å²) in [5.41, 5.74) is 20.9. The Kier molecular flexibility index (Phi) is 6.28. The summed E-state index contributed by atoms with van der Waals surface area (Å²) in [4.78, 5) is 0. The van der Waals surface area contributed by atoms with Crippen molar-refractivity contribution >= 4 is 142 Å². The highest BCUT2D eigenvalue weighted by molar-refractivity contribution is 6.37. The number of nitrogens with zero attached hydrogens (tertiary/aromatic N) is 3. The van der Waals surface area contributed by atoms with E-state index in [0.717, 1.165) is 55.1 Å². The number of fused-ring (bicyclic) bond motifs is 26. The second-order valence-corrected chi connectivity index (χ2v) is 20.2. The first-order chi connectivity index (χ1) is 35.8. The molecule has 0 radical (unpaired) electrons. The number of hydrogen-bond acceptors (Lipinski definition) is 2. The second-order valence-electron chi connectivity index (χ2n) is 20.2. The van der Waals surface area contributed by atoms with Crippen LogP contribution >= 0.6 is 0 Å². The van der Waals surface area contributed by atoms with Gasteiger partial charge in [-0.2, -0.15) is 0 Å². The fraction of sp³-hybridized carbons (Fsp3) is 0.0149. The molecule has 330 valence electrons. The molecule has 0 fully saturated rings. The quantitative estimate of drug-likeness (QED) is 0.173. The Morgan fingerprint density at radius 1 is 0.306 bits per heavy atom. The topological polar surface area (TPSA) is 40.0 Å². The molecule has 0 N–H and O–H groups in total. The predicted octanol–water partition coefficient (Wildman–Crippen LogP) is 18.0. The number of rotatable bonds is 2. The fourth-order valence-corrected chi connectivity index (χ4v) is 14.3. The lowest BCUT2D eigenvalue weighted by molar-refractivity contribution is 0.661. The minimum atomic E-state index is -0.0161. The molecule has 11 aromatic carbocycles. The smallest absolute Gasteiger partial charge is 0.159 e. The fourth-order valence-electron chi connectivity index (χ4n) is 14.3. The minimum absolute atomic E-state index is 0.0161. The summed E-state index contributed by atoms with van der Waals surface area (Å²) in [6.45, 7) is 0. The van der Waals surface area contributed by atoms with Gasteiger partial charge in [0.05, 0.1) is 49.8 Å². The van der Waals surface area contributed by atoms with Crippen LogP contribution in [0.1, 0.15) is 22.6 Å². The molecule has 5 heteroatoms. The van der Waals surface area contributed by atoms with Crippen molar-refractivity contribution in [3.05, 3.63) is 223 Å². The molecule has 0 saturated carbocycles. The third-order valence-corrected chi connectivity index (χ3v) is 16.9. The molecule has 19 rings (SSSR count). The van der Waals surface area contributed by atoms with Crippen LogP contribution in [0.2, 0.25) is 0 Å². The highest BCUT2D eigenvalue weighted by Gasteiger charge is 2.36. The summed E-state index contributed by atoms with van der Waals surface area (Å²) in [5.74, 6) is -0.0161. The second kappa shape index (κ2) is 12.4. The highest BCUT2D eigenvalue weighted by Crippen LogP contribution is 2.57. The Morgan fingerprint density at radius 2 is 0.806 bits per heavy atom. The van der Waals surface area contributed by atoms with Gasteiger partial charge in [0.2, 0.25) is 0 Å². The van der Waals surface area contributed by atoms with Gasteiger partial charge in [0, 0.05) is 86.9 Å². The highest BCUT2D eigenvalue weighted by atomic mass is 16.3. The van der Waals surface area contributed by atoms with E-state index in [4.69, 9.17) is 8.83 Å². The molecule has 7 heterocycles. The standard InChI is InChI=1S/C67H35N3O2/c1-2-18-38-37(17-1)59(44-24-13-22-39-35-15-6-11-29-57(35)71-66(39)44)49-31-47-45-32-55-46(33-54(45)69-51-26-9-4-20-42(51)62(60(38)49)64(47)69)48-34-56-61(63-43-21-5-10-27-52(43)70(55)65(48)63)41-19-3-8-25-50(41)68(56)53-28-14-23-40-36-16-7-12-30-58(36)72-67(40)53/h1-34,59H. The Bertz CT molecular complexity index is 5480. The van der Waals surface area contributed by atoms with Gasteiger partial charge in [-0.1, -0.05) is 146 Å². The molecule has 5 nitrogen and oxygen atoms in total. The van der Waals surface area contributed by atoms with Gasteiger partial charge in [-0.25, -0.2) is 0 Å². The molecule has 0 amide bonds. The third-order valence-electron chi connectivity index (χ3n) is 16.9. The maximum atomic E-state index is 6.83. The van der Waals surface area contributed by atoms with Crippen molar-refractivity contribution in [2.75, 3.05) is 0 Å². The first-order valence-electron chi connectivity index (χ1n) is 25.0. The Morgan fingerprint density at radius 3 is 1.53 bits per heavy atom. The molecule has 1 atom stereocenters. The number of para-hydroxylation sites is 7. The van der Waals surface area contributed by atoms with Crippen molar-refractivity contribution < 1.29 is 8.83 Å². The van der Waals surface area contributed by atoms with E-state index in [9.17, 15) is 0 Å². The molecular weight excluding hydrogens is 879 g/mol. The van der Waals surface area contributed by atoms with E-state index >= 15 is 0 Å². The summed E-state index contributed by atoms with van der Waals surface area (Å²) in [6, 6.07) is 76.3. The SMILES string of the molecule is c1ccc2c(c1)-c1c(cc3c4cc5c(cc4n4c6ccccc6c1c34)c1cc3c(c4ccccc4n3-c3cccc4c3oc3ccccc34)c3c4ccccc4n5c13)C2c1cccc2c1oc1ccccc12. The molecule has 1 aliphatic rings. The van der Waals surface area contributed by atoms with Gasteiger partial charge >= 0.3 is 0 Å². The monoisotopic (exact) mass is 913 g/mol. The van der Waals surface area contributed by atoms with Crippen LogP contribution in [0.25, 0.3) is 159 Å². The van der Waals surface area contributed by atoms with Crippen LogP contribution in [-0.4, -0.2) is 13.4 Å². The van der Waals surface area contributed by atoms with Gasteiger partial charge < -0.3 is 22.2 Å². The van der Waals surface area contributed by atoms with Gasteiger partial charge in [-0.15, -0.1) is 0 Å². The van der Waals surface area contributed by atoms with Crippen LogP contribution in [0.5, 0.6) is 0 Å². The summed E-state index contributed by atoms with van der Waals surface area (Å²) in [6.07, 6.45) is 0. The van der Waals surface area contributed by atoms with Crippen LogP contribution in [0, 0.1) is 0 Å². The molecule has 0 saturated heterocycles. The van der Waals surface area contributed by atoms with E-state index in [1.54, 1.807) is 0 Å². The van der Waals surface area contributed by atoms with Crippen molar-refractivity contribution in [1.82, 2.24) is 13.4 Å². The minimum Gasteiger partial charge on any atom is -0.456 e. The van der Waals surface area contributed by atoms with Crippen molar-refractivity contribution in [2.24, 2.45) is 0 Å². The zero-order valence-corrected chi connectivity index (χ0v) is 38.4. The molecule has 0 aliphatic heterocycles. The molecule has 72 heavy (non-hydrogen) atoms. The summed E-state index contributed by atoms with van der Waals surface area (Å²) < 4.78 is 21.2. The molecular formula is C67H35N3O2. The third kappa shape index (κ3) is 4.09. The number of furan rings is 2. The zero-order chi connectivity index (χ0) is 46.2. The Labute approximate surface area is 407 Å². The van der Waals surface area contributed by atoms with Crippen molar-refractivity contribution in [1.29, 1.82) is 0 Å². The van der Waals surface area contributed by atoms with Crippen LogP contribution in [0.4, 0.5) is 0 Å². The lowest BCUT2D eigenvalue weighted by Gasteiger charge is -2.15. The Balaban J connectivity index is 0.973. The van der Waals surface area contributed by atoms with Gasteiger partial charge in [0.1, 0.15) is 16.7 Å². The summed E-state index contributed by atoms with van der Waals surface area (Å²) in [5, 5.41) is 17.2. The molecule has 1 aliphatic carbocycles. The van der Waals surface area contributed by atoms with E-state index in [2.05, 4.69) is 220 Å². The largest absolute Gasteiger partial charge is 0.456 e. The number of hydrogen-bond donors (Lipinski definition) is 0. The van der Waals surface area contributed by atoms with E-state index in [1.165, 1.54) is 120 Å². The van der Waals surface area contributed by atoms with Crippen molar-refractivity contribution in [2.45, 2.75) is 5.92 Å². The molecule has 7 aromatic heterocycles. The van der Waals surface area contributed by atoms with Crippen LogP contribution in [0.3, 0.4) is 0 Å². The van der Waals surface area contributed by atoms with E-state index in [0.29, 0.717) is 0 Å². The first kappa shape index (κ1) is 36.4. The van der Waals surface area contributed by atoms with Gasteiger partial charge in [-0.3, -0.25) is 0 Å². The van der Waals surface area contributed by atoms with Gasteiger partial charge in [-0.05, 0) is 82.9 Å². The Hall–Kier alpha value is -9.58. The van der Waals surface area contributed by atoms with Crippen molar-refractivity contribution in [3.8, 4) is 16.8 Å². The maximum Gasteiger partial charge on any atom is 0.159 e. The molecule has 0 bridgehead atoms. The number of aromatic nitrogens is 3. The van der Waals surface area contributed by atoms with Gasteiger partial charge in [0.25, 0.3) is 0 Å². The normalized spacial score (nSPS) is 14.2. The van der Waals surface area contributed by atoms with Crippen LogP contribution in [0.15, 0.2) is 215 Å². The predicted molar refractivity (Wildman–Crippen MR) is 297 cm³/mol. The van der Waals surface area contributed by atoms with Crippen LogP contribution in [-0.2, 0) is 0 Å². The average molecular weight is 914 g/mol. The van der Waals surface area contributed by atoms with E-state index in [-0.39, 0.29) is 5.92 Å². The molecule has 1 unspecified atom stereocenters. The first-order valence-corrected chi connectivity index (χ1v) is 25.0. The summed E-state index contributed by atoms with van der Waals surface area (Å²) in [7, 11) is 0. The molecule has 0 spiro atoms. The molecule has 18 aromatic rings. The maximum absolute atomic E-state index is 6.83. The van der Waals surface area contributed by atoms with Gasteiger partial charge in [0.15, 0.2) is 5.58 Å². The number of benzene rings is 11. The lowest BCUT2D eigenvalue weighted by Crippen LogP contribution is -1.99. The van der Waals surface area contributed by atoms with Crippen LogP contribution < -0.4 is 0 Å². The zero-order valence-electron chi connectivity index (χ0n) is 38.4. The lowest BCUT2D eigenvalue weighted by atomic mass is 9.87. The van der Waals surface area contributed by atoms with E-state index in [1.807, 2.05) is 0 Å².